The van der Waals surface area contributed by atoms with Crippen LogP contribution in [-0.4, -0.2) is 34.6 Å². The normalized spacial score (nSPS) is 20.1. The lowest BCUT2D eigenvalue weighted by atomic mass is 10.1. The highest BCUT2D eigenvalue weighted by atomic mass is 19.1. The van der Waals surface area contributed by atoms with Crippen molar-refractivity contribution >= 4 is 17.5 Å². The summed E-state index contributed by atoms with van der Waals surface area (Å²) in [5, 5.41) is 3.05. The van der Waals surface area contributed by atoms with Crippen LogP contribution in [0, 0.1) is 5.82 Å². The predicted octanol–water partition coefficient (Wildman–Crippen LogP) is 3.00. The summed E-state index contributed by atoms with van der Waals surface area (Å²) in [5.41, 5.74) is 2.36. The Kier molecular flexibility index (Phi) is 4.49. The highest BCUT2D eigenvalue weighted by Gasteiger charge is 2.41. The molecule has 2 aromatic rings. The highest BCUT2D eigenvalue weighted by molar-refractivity contribution is 6.46. The molecular weight excluding hydrogens is 357 g/mol. The fourth-order valence-corrected chi connectivity index (χ4v) is 3.91. The summed E-state index contributed by atoms with van der Waals surface area (Å²) < 4.78 is 13.2. The monoisotopic (exact) mass is 379 g/mol. The fourth-order valence-electron chi connectivity index (χ4n) is 3.91. The number of carbonyl (C=O) groups excluding carboxylic acids is 2. The van der Waals surface area contributed by atoms with Gasteiger partial charge in [-0.1, -0.05) is 24.3 Å². The van der Waals surface area contributed by atoms with Gasteiger partial charge in [0.25, 0.3) is 5.91 Å². The van der Waals surface area contributed by atoms with Crippen molar-refractivity contribution in [3.05, 3.63) is 71.0 Å². The molecule has 5 nitrogen and oxygen atoms in total. The van der Waals surface area contributed by atoms with E-state index in [4.69, 9.17) is 0 Å². The van der Waals surface area contributed by atoms with Crippen molar-refractivity contribution in [3.8, 4) is 0 Å². The van der Waals surface area contributed by atoms with Gasteiger partial charge in [-0.15, -0.1) is 0 Å². The van der Waals surface area contributed by atoms with E-state index in [0.717, 1.165) is 18.4 Å². The van der Waals surface area contributed by atoms with Crippen LogP contribution < -0.4 is 5.32 Å². The minimum absolute atomic E-state index is 0.0259. The Morgan fingerprint density at radius 1 is 1.21 bits per heavy atom. The summed E-state index contributed by atoms with van der Waals surface area (Å²) in [6.07, 6.45) is 1.80. The average Bonchev–Trinajstić information content (AvgIpc) is 3.16. The van der Waals surface area contributed by atoms with Crippen molar-refractivity contribution in [2.75, 3.05) is 6.54 Å². The van der Waals surface area contributed by atoms with Gasteiger partial charge in [-0.05, 0) is 62.1 Å². The summed E-state index contributed by atoms with van der Waals surface area (Å²) in [4.78, 5) is 31.5. The molecular formula is C22H22FN3O2. The Balaban J connectivity index is 1.47. The van der Waals surface area contributed by atoms with Gasteiger partial charge in [0.2, 0.25) is 5.91 Å². The first-order chi connectivity index (χ1) is 13.3. The number of benzene rings is 2. The number of rotatable bonds is 4. The Bertz CT molecular complexity index is 966. The topological polar surface area (TPSA) is 61.8 Å². The number of halogens is 1. The molecule has 1 aliphatic carbocycles. The molecule has 4 rings (SSSR count). The van der Waals surface area contributed by atoms with E-state index in [2.05, 4.69) is 16.4 Å². The van der Waals surface area contributed by atoms with Gasteiger partial charge in [0.05, 0.1) is 6.04 Å². The summed E-state index contributed by atoms with van der Waals surface area (Å²) in [6.45, 7) is 3.51. The zero-order chi connectivity index (χ0) is 19.9. The number of hydrogen-bond acceptors (Lipinski definition) is 3. The number of nitrogens with zero attached hydrogens (tertiary/aromatic N) is 2. The second-order valence-electron chi connectivity index (χ2n) is 7.71. The molecule has 2 aliphatic rings. The third-order valence-electron chi connectivity index (χ3n) is 5.38. The fraction of sp³-hybridized carbons (Fsp3) is 0.318. The lowest BCUT2D eigenvalue weighted by Crippen LogP contribution is -2.48. The average molecular weight is 379 g/mol. The minimum Gasteiger partial charge on any atom is -0.348 e. The maximum atomic E-state index is 13.2. The number of nitrogens with one attached hydrogen (secondary N) is 1. The van der Waals surface area contributed by atoms with Crippen LogP contribution in [0.5, 0.6) is 0 Å². The Hall–Kier alpha value is -3.02. The second-order valence-corrected chi connectivity index (χ2v) is 7.71. The molecule has 2 amide bonds. The molecule has 0 radical (unpaired) electrons. The van der Waals surface area contributed by atoms with Gasteiger partial charge in [0, 0.05) is 5.56 Å². The molecule has 144 valence electrons. The molecule has 1 atom stereocenters. The van der Waals surface area contributed by atoms with E-state index in [9.17, 15) is 14.0 Å². The zero-order valence-electron chi connectivity index (χ0n) is 15.9. The van der Waals surface area contributed by atoms with Gasteiger partial charge in [-0.25, -0.2) is 4.39 Å². The van der Waals surface area contributed by atoms with Crippen LogP contribution >= 0.6 is 0 Å². The first-order valence-corrected chi connectivity index (χ1v) is 9.40. The van der Waals surface area contributed by atoms with Crippen molar-refractivity contribution in [2.45, 2.75) is 38.4 Å². The van der Waals surface area contributed by atoms with Gasteiger partial charge in [-0.3, -0.25) is 14.6 Å². The summed E-state index contributed by atoms with van der Waals surface area (Å²) in [7, 11) is 0. The molecule has 0 unspecified atom stereocenters. The first-order valence-electron chi connectivity index (χ1n) is 9.40. The zero-order valence-corrected chi connectivity index (χ0v) is 15.9. The number of aryl methyl sites for hydroxylation is 1. The van der Waals surface area contributed by atoms with Crippen molar-refractivity contribution in [1.29, 1.82) is 0 Å². The van der Waals surface area contributed by atoms with Crippen LogP contribution in [0.15, 0.2) is 53.5 Å². The maximum Gasteiger partial charge on any atom is 0.275 e. The predicted molar refractivity (Wildman–Crippen MR) is 104 cm³/mol. The van der Waals surface area contributed by atoms with Crippen LogP contribution in [0.1, 0.15) is 43.0 Å². The molecule has 0 spiro atoms. The number of carbonyl (C=O) groups is 2. The molecule has 6 heteroatoms. The van der Waals surface area contributed by atoms with E-state index in [1.54, 1.807) is 13.8 Å². The largest absolute Gasteiger partial charge is 0.348 e. The molecule has 0 saturated carbocycles. The lowest BCUT2D eigenvalue weighted by molar-refractivity contribution is -0.134. The maximum absolute atomic E-state index is 13.2. The molecule has 1 N–H and O–H groups in total. The van der Waals surface area contributed by atoms with E-state index in [-0.39, 0.29) is 35.9 Å². The summed E-state index contributed by atoms with van der Waals surface area (Å²) in [5.74, 6) is -0.903. The lowest BCUT2D eigenvalue weighted by Gasteiger charge is -2.29. The number of hydrogen-bond donors (Lipinski definition) is 1. The molecule has 0 saturated heterocycles. The van der Waals surface area contributed by atoms with Crippen LogP contribution in [0.25, 0.3) is 0 Å². The molecule has 0 aromatic heterocycles. The molecule has 2 aromatic carbocycles. The van der Waals surface area contributed by atoms with Gasteiger partial charge in [-0.2, -0.15) is 0 Å². The number of fused-ring (bicyclic) bond motifs is 1. The molecule has 1 aliphatic heterocycles. The third-order valence-corrected chi connectivity index (χ3v) is 5.38. The van der Waals surface area contributed by atoms with Gasteiger partial charge < -0.3 is 10.2 Å². The molecule has 0 bridgehead atoms. The van der Waals surface area contributed by atoms with E-state index in [0.29, 0.717) is 5.56 Å². The quantitative estimate of drug-likeness (QED) is 0.888. The second kappa shape index (κ2) is 6.86. The van der Waals surface area contributed by atoms with Gasteiger partial charge >= 0.3 is 0 Å². The minimum atomic E-state index is -0.842. The Morgan fingerprint density at radius 3 is 2.68 bits per heavy atom. The van der Waals surface area contributed by atoms with Crippen molar-refractivity contribution in [2.24, 2.45) is 4.99 Å². The number of aliphatic imine (C=N–C) groups is 1. The Morgan fingerprint density at radius 2 is 1.93 bits per heavy atom. The van der Waals surface area contributed by atoms with Crippen LogP contribution in [0.2, 0.25) is 0 Å². The van der Waals surface area contributed by atoms with E-state index in [1.165, 1.54) is 34.7 Å². The standard InChI is InChI=1S/C22H22FN3O2/c1-22(2)25-20(15-7-10-16(23)11-8-15)21(28)26(22)13-19(27)24-18-12-9-14-5-3-4-6-17(14)18/h3-8,10-11,18H,9,12-13H2,1-2H3,(H,24,27)/t18-/m1/s1. The summed E-state index contributed by atoms with van der Waals surface area (Å²) >= 11 is 0. The van der Waals surface area contributed by atoms with Gasteiger partial charge in [0.15, 0.2) is 0 Å². The van der Waals surface area contributed by atoms with Crippen LogP contribution in [0.3, 0.4) is 0 Å². The molecule has 0 fully saturated rings. The first kappa shape index (κ1) is 18.3. The van der Waals surface area contributed by atoms with Gasteiger partial charge in [0.1, 0.15) is 23.7 Å². The smallest absolute Gasteiger partial charge is 0.275 e. The SMILES string of the molecule is CC1(C)N=C(c2ccc(F)cc2)C(=O)N1CC(=O)N[C@@H]1CCc2ccccc21. The Labute approximate surface area is 163 Å². The molecule has 1 heterocycles. The van der Waals surface area contributed by atoms with E-state index >= 15 is 0 Å². The van der Waals surface area contributed by atoms with Crippen molar-refractivity contribution in [3.63, 3.8) is 0 Å². The third kappa shape index (κ3) is 3.30. The number of amides is 2. The van der Waals surface area contributed by atoms with E-state index < -0.39 is 5.66 Å². The van der Waals surface area contributed by atoms with Crippen LogP contribution in [0.4, 0.5) is 4.39 Å². The summed E-state index contributed by atoms with van der Waals surface area (Å²) in [6, 6.07) is 13.7. The van der Waals surface area contributed by atoms with Crippen molar-refractivity contribution in [1.82, 2.24) is 10.2 Å². The van der Waals surface area contributed by atoms with Crippen LogP contribution in [-0.2, 0) is 16.0 Å². The molecule has 28 heavy (non-hydrogen) atoms. The highest BCUT2D eigenvalue weighted by Crippen LogP contribution is 2.31. The van der Waals surface area contributed by atoms with E-state index in [1.807, 2.05) is 18.2 Å². The van der Waals surface area contributed by atoms with Crippen molar-refractivity contribution < 1.29 is 14.0 Å².